The van der Waals surface area contributed by atoms with Crippen molar-refractivity contribution >= 4 is 15.7 Å². The number of sulfonamides is 1. The van der Waals surface area contributed by atoms with Crippen LogP contribution in [0.25, 0.3) is 0 Å². The molecular weight excluding hydrogens is 284 g/mol. The highest BCUT2D eigenvalue weighted by Gasteiger charge is 2.10. The molecule has 0 aromatic heterocycles. The number of hydrogen-bond acceptors (Lipinski definition) is 3. The Kier molecular flexibility index (Phi) is 4.98. The van der Waals surface area contributed by atoms with Gasteiger partial charge >= 0.3 is 0 Å². The molecule has 112 valence electrons. The molecule has 0 aliphatic carbocycles. The zero-order valence-electron chi connectivity index (χ0n) is 12.3. The number of hydrogen-bond donors (Lipinski definition) is 2. The summed E-state index contributed by atoms with van der Waals surface area (Å²) < 4.78 is 25.5. The van der Waals surface area contributed by atoms with Gasteiger partial charge in [-0.2, -0.15) is 0 Å². The van der Waals surface area contributed by atoms with Crippen LogP contribution in [0.2, 0.25) is 0 Å². The molecule has 21 heavy (non-hydrogen) atoms. The first-order valence-corrected chi connectivity index (χ1v) is 8.39. The Morgan fingerprint density at radius 1 is 0.905 bits per heavy atom. The zero-order chi connectivity index (χ0) is 15.3. The van der Waals surface area contributed by atoms with E-state index in [2.05, 4.69) is 41.2 Å². The maximum Gasteiger partial charge on any atom is 0.240 e. The average Bonchev–Trinajstić information content (AvgIpc) is 2.54. The fraction of sp³-hybridized carbons (Fsp3) is 0.250. The van der Waals surface area contributed by atoms with Gasteiger partial charge in [-0.1, -0.05) is 31.2 Å². The van der Waals surface area contributed by atoms with Crippen LogP contribution < -0.4 is 10.0 Å². The molecule has 4 nitrogen and oxygen atoms in total. The summed E-state index contributed by atoms with van der Waals surface area (Å²) in [6.45, 7) is 2.84. The second kappa shape index (κ2) is 6.74. The lowest BCUT2D eigenvalue weighted by atomic mass is 10.1. The maximum absolute atomic E-state index is 11.6. The Balaban J connectivity index is 2.00. The molecule has 2 aromatic carbocycles. The highest BCUT2D eigenvalue weighted by molar-refractivity contribution is 7.89. The van der Waals surface area contributed by atoms with Gasteiger partial charge in [0.25, 0.3) is 0 Å². The Labute approximate surface area is 126 Å². The van der Waals surface area contributed by atoms with Crippen LogP contribution in [0.5, 0.6) is 0 Å². The molecule has 0 saturated carbocycles. The molecule has 0 atom stereocenters. The monoisotopic (exact) mass is 304 g/mol. The van der Waals surface area contributed by atoms with E-state index in [0.717, 1.165) is 12.1 Å². The first-order chi connectivity index (χ1) is 10.0. The molecule has 2 N–H and O–H groups in total. The van der Waals surface area contributed by atoms with E-state index in [4.69, 9.17) is 0 Å². The third-order valence-corrected chi connectivity index (χ3v) is 4.79. The summed E-state index contributed by atoms with van der Waals surface area (Å²) >= 11 is 0. The van der Waals surface area contributed by atoms with E-state index in [9.17, 15) is 8.42 Å². The lowest BCUT2D eigenvalue weighted by Gasteiger charge is -2.08. The quantitative estimate of drug-likeness (QED) is 0.863. The first kappa shape index (κ1) is 15.5. The molecule has 0 radical (unpaired) electrons. The van der Waals surface area contributed by atoms with Gasteiger partial charge in [-0.05, 0) is 48.9 Å². The summed E-state index contributed by atoms with van der Waals surface area (Å²) in [7, 11) is -1.96. The first-order valence-electron chi connectivity index (χ1n) is 6.90. The van der Waals surface area contributed by atoms with Crippen LogP contribution in [0, 0.1) is 0 Å². The van der Waals surface area contributed by atoms with E-state index >= 15 is 0 Å². The SMILES string of the molecule is CCc1ccc(CNc2ccc(S(=O)(=O)NC)cc2)cc1. The number of anilines is 1. The third kappa shape index (κ3) is 4.06. The summed E-state index contributed by atoms with van der Waals surface area (Å²) in [5, 5.41) is 3.28. The second-order valence-electron chi connectivity index (χ2n) is 4.76. The molecule has 2 rings (SSSR count). The number of aryl methyl sites for hydroxylation is 1. The number of rotatable bonds is 6. The zero-order valence-corrected chi connectivity index (χ0v) is 13.1. The predicted molar refractivity (Wildman–Crippen MR) is 85.8 cm³/mol. The molecule has 0 heterocycles. The highest BCUT2D eigenvalue weighted by atomic mass is 32.2. The summed E-state index contributed by atoms with van der Waals surface area (Å²) in [5.74, 6) is 0. The van der Waals surface area contributed by atoms with E-state index in [1.165, 1.54) is 18.2 Å². The van der Waals surface area contributed by atoms with Crippen molar-refractivity contribution in [2.75, 3.05) is 12.4 Å². The number of nitrogens with one attached hydrogen (secondary N) is 2. The van der Waals surface area contributed by atoms with Gasteiger partial charge in [-0.3, -0.25) is 0 Å². The summed E-state index contributed by atoms with van der Waals surface area (Å²) in [5.41, 5.74) is 3.41. The Morgan fingerprint density at radius 3 is 2.00 bits per heavy atom. The van der Waals surface area contributed by atoms with Gasteiger partial charge in [-0.25, -0.2) is 13.1 Å². The van der Waals surface area contributed by atoms with Crippen LogP contribution in [0.1, 0.15) is 18.1 Å². The van der Waals surface area contributed by atoms with E-state index < -0.39 is 10.0 Å². The van der Waals surface area contributed by atoms with Crippen molar-refractivity contribution in [3.05, 3.63) is 59.7 Å². The number of benzene rings is 2. The van der Waals surface area contributed by atoms with Gasteiger partial charge in [0.2, 0.25) is 10.0 Å². The standard InChI is InChI=1S/C16H20N2O2S/c1-3-13-4-6-14(7-5-13)12-18-15-8-10-16(11-9-15)21(19,20)17-2/h4-11,17-18H,3,12H2,1-2H3. The van der Waals surface area contributed by atoms with Crippen molar-refractivity contribution in [3.8, 4) is 0 Å². The highest BCUT2D eigenvalue weighted by Crippen LogP contribution is 2.15. The van der Waals surface area contributed by atoms with Crippen LogP contribution in [0.3, 0.4) is 0 Å². The molecular formula is C16H20N2O2S. The van der Waals surface area contributed by atoms with Crippen LogP contribution in [0.4, 0.5) is 5.69 Å². The van der Waals surface area contributed by atoms with Crippen molar-refractivity contribution in [1.29, 1.82) is 0 Å². The van der Waals surface area contributed by atoms with Gasteiger partial charge in [0.1, 0.15) is 0 Å². The summed E-state index contributed by atoms with van der Waals surface area (Å²) in [6, 6.07) is 15.2. The van der Waals surface area contributed by atoms with Gasteiger partial charge in [-0.15, -0.1) is 0 Å². The maximum atomic E-state index is 11.6. The Bertz CT molecular complexity index is 677. The van der Waals surface area contributed by atoms with Crippen LogP contribution in [-0.4, -0.2) is 15.5 Å². The molecule has 0 aliphatic rings. The van der Waals surface area contributed by atoms with E-state index in [-0.39, 0.29) is 4.90 Å². The van der Waals surface area contributed by atoms with Crippen molar-refractivity contribution < 1.29 is 8.42 Å². The average molecular weight is 304 g/mol. The summed E-state index contributed by atoms with van der Waals surface area (Å²) in [6.07, 6.45) is 1.04. The van der Waals surface area contributed by atoms with Gasteiger partial charge in [0.15, 0.2) is 0 Å². The largest absolute Gasteiger partial charge is 0.381 e. The minimum absolute atomic E-state index is 0.267. The van der Waals surface area contributed by atoms with Gasteiger partial charge < -0.3 is 5.32 Å². The van der Waals surface area contributed by atoms with Crippen molar-refractivity contribution in [2.45, 2.75) is 24.8 Å². The van der Waals surface area contributed by atoms with Gasteiger partial charge in [0, 0.05) is 12.2 Å². The van der Waals surface area contributed by atoms with Crippen LogP contribution >= 0.6 is 0 Å². The molecule has 0 unspecified atom stereocenters. The van der Waals surface area contributed by atoms with Crippen molar-refractivity contribution in [1.82, 2.24) is 4.72 Å². The van der Waals surface area contributed by atoms with Gasteiger partial charge in [0.05, 0.1) is 4.90 Å². The minimum Gasteiger partial charge on any atom is -0.381 e. The van der Waals surface area contributed by atoms with Crippen molar-refractivity contribution in [3.63, 3.8) is 0 Å². The lowest BCUT2D eigenvalue weighted by molar-refractivity contribution is 0.588. The molecule has 5 heteroatoms. The fourth-order valence-corrected chi connectivity index (χ4v) is 2.70. The molecule has 0 spiro atoms. The second-order valence-corrected chi connectivity index (χ2v) is 6.64. The van der Waals surface area contributed by atoms with E-state index in [1.54, 1.807) is 24.3 Å². The van der Waals surface area contributed by atoms with Crippen LogP contribution in [0.15, 0.2) is 53.4 Å². The molecule has 2 aromatic rings. The topological polar surface area (TPSA) is 58.2 Å². The minimum atomic E-state index is -3.37. The van der Waals surface area contributed by atoms with Crippen LogP contribution in [-0.2, 0) is 23.0 Å². The normalized spacial score (nSPS) is 11.3. The Hall–Kier alpha value is -1.85. The fourth-order valence-electron chi connectivity index (χ4n) is 1.97. The lowest BCUT2D eigenvalue weighted by Crippen LogP contribution is -2.18. The molecule has 0 saturated heterocycles. The van der Waals surface area contributed by atoms with E-state index in [1.807, 2.05) is 0 Å². The molecule has 0 bridgehead atoms. The molecule has 0 aliphatic heterocycles. The smallest absolute Gasteiger partial charge is 0.240 e. The third-order valence-electron chi connectivity index (χ3n) is 3.36. The molecule has 0 fully saturated rings. The van der Waals surface area contributed by atoms with E-state index in [0.29, 0.717) is 6.54 Å². The summed E-state index contributed by atoms with van der Waals surface area (Å²) in [4.78, 5) is 0.267. The molecule has 0 amide bonds. The predicted octanol–water partition coefficient (Wildman–Crippen LogP) is 2.77. The van der Waals surface area contributed by atoms with Crippen molar-refractivity contribution in [2.24, 2.45) is 0 Å². The Morgan fingerprint density at radius 2 is 1.48 bits per heavy atom.